The number of likely N-dealkylation sites (tertiary alicyclic amines) is 1. The smallest absolute Gasteiger partial charge is 0.337 e. The molecule has 0 aliphatic carbocycles. The van der Waals surface area contributed by atoms with Gasteiger partial charge in [-0.2, -0.15) is 5.10 Å². The lowest BCUT2D eigenvalue weighted by Crippen LogP contribution is -2.34. The molecule has 0 bridgehead atoms. The van der Waals surface area contributed by atoms with E-state index in [2.05, 4.69) is 15.1 Å². The van der Waals surface area contributed by atoms with Gasteiger partial charge in [0.15, 0.2) is 0 Å². The van der Waals surface area contributed by atoms with Crippen molar-refractivity contribution in [3.05, 3.63) is 76.6 Å². The molecule has 1 N–H and O–H groups in total. The Kier molecular flexibility index (Phi) is 5.97. The van der Waals surface area contributed by atoms with Gasteiger partial charge in [0.1, 0.15) is 0 Å². The highest BCUT2D eigenvalue weighted by Crippen LogP contribution is 2.33. The predicted molar refractivity (Wildman–Crippen MR) is 114 cm³/mol. The lowest BCUT2D eigenvalue weighted by atomic mass is 9.90. The molecule has 1 atom stereocenters. The van der Waals surface area contributed by atoms with Gasteiger partial charge in [-0.05, 0) is 54.8 Å². The van der Waals surface area contributed by atoms with Crippen LogP contribution in [-0.2, 0) is 11.3 Å². The number of methoxy groups -OCH3 is 1. The second kappa shape index (κ2) is 8.80. The van der Waals surface area contributed by atoms with E-state index >= 15 is 0 Å². The highest BCUT2D eigenvalue weighted by Gasteiger charge is 2.25. The van der Waals surface area contributed by atoms with E-state index in [-0.39, 0.29) is 5.97 Å². The number of H-pyrrole nitrogens is 1. The van der Waals surface area contributed by atoms with E-state index in [0.29, 0.717) is 11.5 Å². The molecule has 2 heterocycles. The van der Waals surface area contributed by atoms with Crippen LogP contribution in [0.15, 0.2) is 54.7 Å². The maximum absolute atomic E-state index is 11.6. The number of carbonyl (C=O) groups excluding carboxylic acids is 1. The maximum Gasteiger partial charge on any atom is 0.337 e. The molecule has 150 valence electrons. The van der Waals surface area contributed by atoms with Crippen LogP contribution >= 0.6 is 11.6 Å². The van der Waals surface area contributed by atoms with Crippen LogP contribution in [0.5, 0.6) is 0 Å². The summed E-state index contributed by atoms with van der Waals surface area (Å²) in [5, 5.41) is 8.29. The number of nitrogens with one attached hydrogen (secondary N) is 1. The molecule has 5 nitrogen and oxygen atoms in total. The molecule has 1 saturated heterocycles. The molecule has 1 aliphatic rings. The van der Waals surface area contributed by atoms with E-state index in [1.807, 2.05) is 54.7 Å². The molecule has 0 radical (unpaired) electrons. The van der Waals surface area contributed by atoms with Crippen LogP contribution in [0.4, 0.5) is 0 Å². The average Bonchev–Trinajstić information content (AvgIpc) is 3.24. The molecule has 3 aromatic rings. The molecule has 1 fully saturated rings. The summed E-state index contributed by atoms with van der Waals surface area (Å²) in [5.41, 5.74) is 5.25. The fourth-order valence-corrected chi connectivity index (χ4v) is 4.15. The van der Waals surface area contributed by atoms with E-state index < -0.39 is 0 Å². The van der Waals surface area contributed by atoms with Gasteiger partial charge in [-0.1, -0.05) is 35.9 Å². The third-order valence-corrected chi connectivity index (χ3v) is 5.77. The predicted octanol–water partition coefficient (Wildman–Crippen LogP) is 4.90. The number of aromatic nitrogens is 2. The van der Waals surface area contributed by atoms with E-state index in [0.717, 1.165) is 48.6 Å². The van der Waals surface area contributed by atoms with Gasteiger partial charge in [0.2, 0.25) is 0 Å². The second-order valence-corrected chi connectivity index (χ2v) is 7.90. The summed E-state index contributed by atoms with van der Waals surface area (Å²) in [5.74, 6) is 0.106. The summed E-state index contributed by atoms with van der Waals surface area (Å²) in [6, 6.07) is 15.6. The molecule has 4 rings (SSSR count). The van der Waals surface area contributed by atoms with Gasteiger partial charge in [-0.25, -0.2) is 4.79 Å². The summed E-state index contributed by atoms with van der Waals surface area (Å²) >= 11 is 6.04. The van der Waals surface area contributed by atoms with Crippen molar-refractivity contribution in [2.75, 3.05) is 20.2 Å². The first kappa shape index (κ1) is 19.7. The van der Waals surface area contributed by atoms with Gasteiger partial charge in [-0.3, -0.25) is 10.00 Å². The number of hydrogen-bond acceptors (Lipinski definition) is 4. The molecular weight excluding hydrogens is 386 g/mol. The number of nitrogens with zero attached hydrogens (tertiary/aromatic N) is 2. The number of aromatic amines is 1. The minimum atomic E-state index is -0.302. The van der Waals surface area contributed by atoms with E-state index in [1.165, 1.54) is 18.4 Å². The van der Waals surface area contributed by atoms with Crippen molar-refractivity contribution in [3.63, 3.8) is 0 Å². The Labute approximate surface area is 175 Å². The first-order valence-corrected chi connectivity index (χ1v) is 10.2. The van der Waals surface area contributed by atoms with Crippen LogP contribution in [-0.4, -0.2) is 41.3 Å². The standard InChI is InChI=1S/C23H24ClN3O2/c1-29-23(28)18-6-4-16(5-7-18)14-27-12-2-3-19(15-27)22-21(13-25-26-22)17-8-10-20(24)11-9-17/h4-11,13,19H,2-3,12,14-15H2,1H3,(H,25,26)/t19-/m0/s1. The van der Waals surface area contributed by atoms with Gasteiger partial charge >= 0.3 is 5.97 Å². The summed E-state index contributed by atoms with van der Waals surface area (Å²) < 4.78 is 4.77. The molecule has 1 aromatic heterocycles. The summed E-state index contributed by atoms with van der Waals surface area (Å²) in [7, 11) is 1.40. The number of ether oxygens (including phenoxy) is 1. The Morgan fingerprint density at radius 3 is 2.69 bits per heavy atom. The highest BCUT2D eigenvalue weighted by molar-refractivity contribution is 6.30. The van der Waals surface area contributed by atoms with Crippen molar-refractivity contribution in [2.45, 2.75) is 25.3 Å². The zero-order chi connectivity index (χ0) is 20.2. The fraction of sp³-hybridized carbons (Fsp3) is 0.304. The molecular formula is C23H24ClN3O2. The van der Waals surface area contributed by atoms with Crippen LogP contribution in [0.25, 0.3) is 11.1 Å². The van der Waals surface area contributed by atoms with E-state index in [4.69, 9.17) is 16.3 Å². The molecule has 2 aromatic carbocycles. The Morgan fingerprint density at radius 2 is 1.97 bits per heavy atom. The van der Waals surface area contributed by atoms with Crippen molar-refractivity contribution in [1.29, 1.82) is 0 Å². The lowest BCUT2D eigenvalue weighted by molar-refractivity contribution is 0.0600. The number of rotatable bonds is 5. The van der Waals surface area contributed by atoms with Crippen LogP contribution in [0.1, 0.15) is 40.4 Å². The maximum atomic E-state index is 11.6. The number of carbonyl (C=O) groups is 1. The van der Waals surface area contributed by atoms with Crippen molar-refractivity contribution in [3.8, 4) is 11.1 Å². The monoisotopic (exact) mass is 409 g/mol. The normalized spacial score (nSPS) is 17.2. The highest BCUT2D eigenvalue weighted by atomic mass is 35.5. The first-order valence-electron chi connectivity index (χ1n) is 9.83. The third kappa shape index (κ3) is 4.52. The third-order valence-electron chi connectivity index (χ3n) is 5.52. The summed E-state index contributed by atoms with van der Waals surface area (Å²) in [6.45, 7) is 2.91. The van der Waals surface area contributed by atoms with Crippen LogP contribution in [0.2, 0.25) is 5.02 Å². The summed E-state index contributed by atoms with van der Waals surface area (Å²) in [6.07, 6.45) is 4.19. The molecule has 0 saturated carbocycles. The Hall–Kier alpha value is -2.63. The van der Waals surface area contributed by atoms with E-state index in [9.17, 15) is 4.79 Å². The van der Waals surface area contributed by atoms with Crippen LogP contribution < -0.4 is 0 Å². The Balaban J connectivity index is 1.46. The van der Waals surface area contributed by atoms with Crippen molar-refractivity contribution < 1.29 is 9.53 Å². The Morgan fingerprint density at radius 1 is 1.21 bits per heavy atom. The number of benzene rings is 2. The largest absolute Gasteiger partial charge is 0.465 e. The topological polar surface area (TPSA) is 58.2 Å². The lowest BCUT2D eigenvalue weighted by Gasteiger charge is -2.32. The number of piperidine rings is 1. The number of halogens is 1. The SMILES string of the molecule is COC(=O)c1ccc(CN2CCC[C@H](c3[nH]ncc3-c3ccc(Cl)cc3)C2)cc1. The molecule has 0 amide bonds. The van der Waals surface area contributed by atoms with Crippen LogP contribution in [0.3, 0.4) is 0 Å². The zero-order valence-corrected chi connectivity index (χ0v) is 17.2. The van der Waals surface area contributed by atoms with Crippen molar-refractivity contribution in [2.24, 2.45) is 0 Å². The molecule has 1 aliphatic heterocycles. The fourth-order valence-electron chi connectivity index (χ4n) is 4.02. The zero-order valence-electron chi connectivity index (χ0n) is 16.4. The minimum absolute atomic E-state index is 0.302. The second-order valence-electron chi connectivity index (χ2n) is 7.47. The number of hydrogen-bond donors (Lipinski definition) is 1. The quantitative estimate of drug-likeness (QED) is 0.609. The van der Waals surface area contributed by atoms with Gasteiger partial charge in [0, 0.05) is 35.3 Å². The van der Waals surface area contributed by atoms with Gasteiger partial charge < -0.3 is 4.74 Å². The summed E-state index contributed by atoms with van der Waals surface area (Å²) in [4.78, 5) is 14.1. The average molecular weight is 410 g/mol. The van der Waals surface area contributed by atoms with E-state index in [1.54, 1.807) is 0 Å². The van der Waals surface area contributed by atoms with Crippen molar-refractivity contribution >= 4 is 17.6 Å². The molecule has 0 unspecified atom stereocenters. The van der Waals surface area contributed by atoms with Crippen molar-refractivity contribution in [1.82, 2.24) is 15.1 Å². The van der Waals surface area contributed by atoms with Gasteiger partial charge in [0.05, 0.1) is 18.9 Å². The Bertz CT molecular complexity index is 967. The van der Waals surface area contributed by atoms with Gasteiger partial charge in [0.25, 0.3) is 0 Å². The van der Waals surface area contributed by atoms with Gasteiger partial charge in [-0.15, -0.1) is 0 Å². The molecule has 29 heavy (non-hydrogen) atoms. The molecule has 0 spiro atoms. The first-order chi connectivity index (χ1) is 14.1. The minimum Gasteiger partial charge on any atom is -0.465 e. The number of esters is 1. The van der Waals surface area contributed by atoms with Crippen LogP contribution in [0, 0.1) is 0 Å². The molecule has 6 heteroatoms.